The maximum atomic E-state index is 5.93. The molecule has 1 aromatic carbocycles. The van der Waals surface area contributed by atoms with Crippen LogP contribution in [0.2, 0.25) is 5.02 Å². The Hall–Kier alpha value is -1.29. The molecule has 0 amide bonds. The summed E-state index contributed by atoms with van der Waals surface area (Å²) >= 11 is 5.93. The molecule has 0 saturated carbocycles. The van der Waals surface area contributed by atoms with Crippen molar-refractivity contribution in [1.29, 1.82) is 0 Å². The van der Waals surface area contributed by atoms with E-state index in [9.17, 15) is 0 Å². The van der Waals surface area contributed by atoms with Crippen molar-refractivity contribution in [2.45, 2.75) is 39.5 Å². The van der Waals surface area contributed by atoms with E-state index in [0.717, 1.165) is 42.3 Å². The quantitative estimate of drug-likeness (QED) is 0.347. The minimum Gasteiger partial charge on any atom is -0.303 e. The zero-order valence-corrected chi connectivity index (χ0v) is 16.3. The topological polar surface area (TPSA) is 24.5 Å². The molecule has 25 heavy (non-hydrogen) atoms. The fraction of sp³-hybridized carbons (Fsp3) is 0.524. The highest BCUT2D eigenvalue weighted by atomic mass is 35.5. The molecule has 0 atom stereocenters. The number of hydroxylamine groups is 1. The van der Waals surface area contributed by atoms with Crippen LogP contribution in [-0.2, 0) is 4.84 Å². The molecule has 0 radical (unpaired) electrons. The highest BCUT2D eigenvalue weighted by molar-refractivity contribution is 6.30. The number of benzene rings is 1. The van der Waals surface area contributed by atoms with Gasteiger partial charge in [0.2, 0.25) is 0 Å². The summed E-state index contributed by atoms with van der Waals surface area (Å²) in [5, 5.41) is 0.757. The number of allylic oxidation sites excluding steroid dienone is 2. The van der Waals surface area contributed by atoms with E-state index in [4.69, 9.17) is 16.4 Å². The molecular formula is C21H31ClN2O. The highest BCUT2D eigenvalue weighted by Gasteiger charge is 2.10. The first kappa shape index (κ1) is 20.0. The Morgan fingerprint density at radius 1 is 1.24 bits per heavy atom. The lowest BCUT2D eigenvalue weighted by atomic mass is 10.1. The van der Waals surface area contributed by atoms with Crippen molar-refractivity contribution in [2.24, 2.45) is 5.92 Å². The van der Waals surface area contributed by atoms with Crippen molar-refractivity contribution in [1.82, 2.24) is 10.4 Å². The van der Waals surface area contributed by atoms with Crippen LogP contribution in [0.5, 0.6) is 0 Å². The molecule has 4 heteroatoms. The van der Waals surface area contributed by atoms with E-state index in [2.05, 4.69) is 42.5 Å². The summed E-state index contributed by atoms with van der Waals surface area (Å²) in [6.45, 7) is 8.78. The van der Waals surface area contributed by atoms with Crippen LogP contribution in [0.4, 0.5) is 0 Å². The third kappa shape index (κ3) is 8.57. The van der Waals surface area contributed by atoms with Gasteiger partial charge in [0, 0.05) is 11.6 Å². The molecule has 1 N–H and O–H groups in total. The van der Waals surface area contributed by atoms with E-state index in [1.807, 2.05) is 24.3 Å². The second-order valence-electron chi connectivity index (χ2n) is 7.03. The zero-order chi connectivity index (χ0) is 17.9. The second kappa shape index (κ2) is 11.3. The van der Waals surface area contributed by atoms with Gasteiger partial charge < -0.3 is 4.90 Å². The van der Waals surface area contributed by atoms with Gasteiger partial charge in [0.25, 0.3) is 0 Å². The van der Waals surface area contributed by atoms with Crippen molar-refractivity contribution in [3.8, 4) is 0 Å². The molecular weight excluding hydrogens is 332 g/mol. The molecule has 0 bridgehead atoms. The smallest absolute Gasteiger partial charge is 0.0758 e. The molecule has 1 fully saturated rings. The number of nitrogens with one attached hydrogen (secondary N) is 1. The van der Waals surface area contributed by atoms with Crippen molar-refractivity contribution in [3.05, 3.63) is 52.7 Å². The van der Waals surface area contributed by atoms with Gasteiger partial charge in [-0.15, -0.1) is 0 Å². The largest absolute Gasteiger partial charge is 0.303 e. The van der Waals surface area contributed by atoms with E-state index >= 15 is 0 Å². The van der Waals surface area contributed by atoms with Crippen molar-refractivity contribution in [2.75, 3.05) is 26.2 Å². The first-order valence-electron chi connectivity index (χ1n) is 9.37. The summed E-state index contributed by atoms with van der Waals surface area (Å²) in [7, 11) is 0. The average molecular weight is 363 g/mol. The number of halogens is 1. The summed E-state index contributed by atoms with van der Waals surface area (Å²) in [6, 6.07) is 7.83. The van der Waals surface area contributed by atoms with Crippen LogP contribution in [0, 0.1) is 5.92 Å². The Morgan fingerprint density at radius 3 is 2.64 bits per heavy atom. The predicted molar refractivity (Wildman–Crippen MR) is 107 cm³/mol. The number of hydrogen-bond acceptors (Lipinski definition) is 3. The molecule has 1 aliphatic heterocycles. The number of rotatable bonds is 10. The van der Waals surface area contributed by atoms with Gasteiger partial charge in [-0.2, -0.15) is 0 Å². The molecule has 1 aliphatic rings. The standard InChI is InChI=1S/C21H31ClN2O/c1-18(2)6-12-21(13-9-19-7-10-20(22)11-8-19)23-25-17-5-16-24-14-3-4-15-24/h7-13,18,23H,3-6,14-17H2,1-2H3. The van der Waals surface area contributed by atoms with Crippen LogP contribution >= 0.6 is 11.6 Å². The van der Waals surface area contributed by atoms with Crippen LogP contribution in [0.15, 0.2) is 42.1 Å². The zero-order valence-electron chi connectivity index (χ0n) is 15.5. The monoisotopic (exact) mass is 362 g/mol. The summed E-state index contributed by atoms with van der Waals surface area (Å²) < 4.78 is 0. The lowest BCUT2D eigenvalue weighted by molar-refractivity contribution is 0.0587. The lowest BCUT2D eigenvalue weighted by Gasteiger charge is -2.14. The normalized spacial score (nSPS) is 16.2. The second-order valence-corrected chi connectivity index (χ2v) is 7.46. The van der Waals surface area contributed by atoms with Crippen molar-refractivity contribution < 1.29 is 4.84 Å². The van der Waals surface area contributed by atoms with E-state index in [0.29, 0.717) is 5.92 Å². The Bertz CT molecular complexity index is 546. The van der Waals surface area contributed by atoms with E-state index in [1.165, 1.54) is 25.9 Å². The lowest BCUT2D eigenvalue weighted by Crippen LogP contribution is -2.23. The maximum Gasteiger partial charge on any atom is 0.0758 e. The summed E-state index contributed by atoms with van der Waals surface area (Å²) in [6.07, 6.45) is 11.1. The van der Waals surface area contributed by atoms with Gasteiger partial charge in [-0.25, -0.2) is 0 Å². The molecule has 0 unspecified atom stereocenters. The highest BCUT2D eigenvalue weighted by Crippen LogP contribution is 2.12. The van der Waals surface area contributed by atoms with Gasteiger partial charge in [0.1, 0.15) is 0 Å². The number of likely N-dealkylation sites (tertiary alicyclic amines) is 1. The van der Waals surface area contributed by atoms with E-state index in [-0.39, 0.29) is 0 Å². The molecule has 3 nitrogen and oxygen atoms in total. The van der Waals surface area contributed by atoms with Gasteiger partial charge in [-0.1, -0.05) is 49.7 Å². The average Bonchev–Trinajstić information content (AvgIpc) is 3.11. The van der Waals surface area contributed by atoms with E-state index < -0.39 is 0 Å². The van der Waals surface area contributed by atoms with Crippen LogP contribution in [-0.4, -0.2) is 31.1 Å². The van der Waals surface area contributed by atoms with Gasteiger partial charge in [0.15, 0.2) is 0 Å². The Labute approximate surface area is 157 Å². The Morgan fingerprint density at radius 2 is 1.96 bits per heavy atom. The van der Waals surface area contributed by atoms with Gasteiger partial charge in [-0.3, -0.25) is 10.3 Å². The molecule has 1 heterocycles. The third-order valence-corrected chi connectivity index (χ3v) is 4.50. The van der Waals surface area contributed by atoms with Crippen LogP contribution in [0.25, 0.3) is 6.08 Å². The molecule has 1 aromatic rings. The molecule has 0 spiro atoms. The van der Waals surface area contributed by atoms with Crippen molar-refractivity contribution >= 4 is 17.7 Å². The summed E-state index contributed by atoms with van der Waals surface area (Å²) in [4.78, 5) is 8.19. The Kier molecular flexibility index (Phi) is 9.09. The minimum absolute atomic E-state index is 0.621. The molecule has 0 aliphatic carbocycles. The van der Waals surface area contributed by atoms with Crippen LogP contribution < -0.4 is 5.48 Å². The minimum atomic E-state index is 0.621. The first-order valence-corrected chi connectivity index (χ1v) is 9.75. The molecule has 0 aromatic heterocycles. The fourth-order valence-electron chi connectivity index (χ4n) is 2.77. The predicted octanol–water partition coefficient (Wildman–Crippen LogP) is 5.29. The Balaban J connectivity index is 1.78. The third-order valence-electron chi connectivity index (χ3n) is 4.24. The maximum absolute atomic E-state index is 5.93. The van der Waals surface area contributed by atoms with Gasteiger partial charge >= 0.3 is 0 Å². The first-order chi connectivity index (χ1) is 12.1. The number of hydrogen-bond donors (Lipinski definition) is 1. The molecule has 1 saturated heterocycles. The fourth-order valence-corrected chi connectivity index (χ4v) is 2.89. The van der Waals surface area contributed by atoms with Gasteiger partial charge in [-0.05, 0) is 68.5 Å². The van der Waals surface area contributed by atoms with Crippen LogP contribution in [0.1, 0.15) is 45.1 Å². The number of nitrogens with zero attached hydrogens (tertiary/aromatic N) is 1. The van der Waals surface area contributed by atoms with Gasteiger partial charge in [0.05, 0.1) is 12.3 Å². The molecule has 2 rings (SSSR count). The van der Waals surface area contributed by atoms with Crippen molar-refractivity contribution in [3.63, 3.8) is 0 Å². The summed E-state index contributed by atoms with van der Waals surface area (Å²) in [5.74, 6) is 0.621. The molecule has 138 valence electrons. The van der Waals surface area contributed by atoms with E-state index in [1.54, 1.807) is 0 Å². The summed E-state index contributed by atoms with van der Waals surface area (Å²) in [5.41, 5.74) is 5.24. The van der Waals surface area contributed by atoms with Crippen LogP contribution in [0.3, 0.4) is 0 Å². The SMILES string of the molecule is CC(C)CC=C(C=Cc1ccc(Cl)cc1)NOCCCN1CCCC1.